The van der Waals surface area contributed by atoms with E-state index in [1.165, 1.54) is 18.3 Å². The maximum atomic E-state index is 12.9. The largest absolute Gasteiger partial charge is 0.618 e. The Hall–Kier alpha value is -2.36. The van der Waals surface area contributed by atoms with Gasteiger partial charge in [-0.2, -0.15) is 4.73 Å². The average Bonchev–Trinajstić information content (AvgIpc) is 2.73. The van der Waals surface area contributed by atoms with E-state index < -0.39 is 0 Å². The molecule has 3 nitrogen and oxygen atoms in total. The molecule has 0 spiro atoms. The van der Waals surface area contributed by atoms with Crippen LogP contribution in [0.25, 0.3) is 22.2 Å². The molecule has 0 radical (unpaired) electrons. The van der Waals surface area contributed by atoms with Crippen LogP contribution in [-0.2, 0) is 7.05 Å². The van der Waals surface area contributed by atoms with Crippen LogP contribution in [-0.4, -0.2) is 4.57 Å². The number of hydrogen-bond donors (Lipinski definition) is 0. The molecule has 0 aliphatic carbocycles. The second-order valence-electron chi connectivity index (χ2n) is 4.23. The molecule has 0 atom stereocenters. The molecule has 3 aromatic rings. The van der Waals surface area contributed by atoms with E-state index in [1.54, 1.807) is 18.2 Å². The molecule has 90 valence electrons. The number of hydrogen-bond acceptors (Lipinski definition) is 1. The molecule has 0 fully saturated rings. The predicted molar refractivity (Wildman–Crippen MR) is 67.3 cm³/mol. The fraction of sp³-hybridized carbons (Fsp3) is 0.0714. The van der Waals surface area contributed by atoms with Gasteiger partial charge in [0, 0.05) is 30.3 Å². The molecule has 2 aromatic heterocycles. The van der Waals surface area contributed by atoms with Crippen molar-refractivity contribution in [3.8, 4) is 11.3 Å². The number of benzene rings is 1. The van der Waals surface area contributed by atoms with Gasteiger partial charge in [0.05, 0.1) is 0 Å². The molecule has 0 saturated heterocycles. The van der Waals surface area contributed by atoms with Crippen LogP contribution in [0.3, 0.4) is 0 Å². The second-order valence-corrected chi connectivity index (χ2v) is 4.23. The first kappa shape index (κ1) is 10.8. The van der Waals surface area contributed by atoms with Crippen LogP contribution in [0, 0.1) is 11.0 Å². The van der Waals surface area contributed by atoms with Crippen molar-refractivity contribution < 1.29 is 9.12 Å². The minimum Gasteiger partial charge on any atom is -0.618 e. The quantitative estimate of drug-likeness (QED) is 0.477. The van der Waals surface area contributed by atoms with Gasteiger partial charge in [0.25, 0.3) is 0 Å². The zero-order chi connectivity index (χ0) is 12.7. The molecule has 18 heavy (non-hydrogen) atoms. The van der Waals surface area contributed by atoms with Gasteiger partial charge in [-0.15, -0.1) is 0 Å². The van der Waals surface area contributed by atoms with E-state index in [0.29, 0.717) is 11.3 Å². The van der Waals surface area contributed by atoms with E-state index >= 15 is 0 Å². The van der Waals surface area contributed by atoms with Gasteiger partial charge < -0.3 is 9.77 Å². The van der Waals surface area contributed by atoms with Crippen LogP contribution in [0.5, 0.6) is 0 Å². The third-order valence-corrected chi connectivity index (χ3v) is 3.06. The first-order chi connectivity index (χ1) is 8.66. The minimum atomic E-state index is -0.310. The topological polar surface area (TPSA) is 31.9 Å². The fourth-order valence-electron chi connectivity index (χ4n) is 2.19. The number of pyridine rings is 1. The van der Waals surface area contributed by atoms with E-state index in [2.05, 4.69) is 0 Å². The van der Waals surface area contributed by atoms with Crippen molar-refractivity contribution in [3.05, 3.63) is 59.8 Å². The summed E-state index contributed by atoms with van der Waals surface area (Å²) in [6, 6.07) is 9.67. The van der Waals surface area contributed by atoms with Gasteiger partial charge >= 0.3 is 0 Å². The molecule has 0 N–H and O–H groups in total. The summed E-state index contributed by atoms with van der Waals surface area (Å²) in [6.45, 7) is 0. The normalized spacial score (nSPS) is 11.0. The molecule has 0 unspecified atom stereocenters. The van der Waals surface area contributed by atoms with Gasteiger partial charge in [-0.05, 0) is 30.3 Å². The molecule has 0 amide bonds. The Labute approximate surface area is 103 Å². The monoisotopic (exact) mass is 242 g/mol. The summed E-state index contributed by atoms with van der Waals surface area (Å²) in [6.07, 6.45) is 3.37. The van der Waals surface area contributed by atoms with Crippen LogP contribution in [0.2, 0.25) is 0 Å². The van der Waals surface area contributed by atoms with Gasteiger partial charge in [0.2, 0.25) is 5.69 Å². The summed E-state index contributed by atoms with van der Waals surface area (Å²) in [4.78, 5) is 0. The van der Waals surface area contributed by atoms with Gasteiger partial charge in [-0.1, -0.05) is 0 Å². The van der Waals surface area contributed by atoms with E-state index in [4.69, 9.17) is 0 Å². The lowest BCUT2D eigenvalue weighted by Gasteiger charge is -2.07. The van der Waals surface area contributed by atoms with E-state index in [1.807, 2.05) is 23.9 Å². The first-order valence-corrected chi connectivity index (χ1v) is 5.60. The highest BCUT2D eigenvalue weighted by Gasteiger charge is 2.16. The summed E-state index contributed by atoms with van der Waals surface area (Å²) >= 11 is 0. The van der Waals surface area contributed by atoms with Crippen LogP contribution < -0.4 is 4.73 Å². The molecular formula is C14H11FN2O. The lowest BCUT2D eigenvalue weighted by atomic mass is 10.1. The molecule has 0 aliphatic heterocycles. The Kier molecular flexibility index (Phi) is 2.30. The smallest absolute Gasteiger partial charge is 0.248 e. The molecule has 0 bridgehead atoms. The standard InChI is InChI=1S/C14H11FN2O/c1-16-8-6-11-7-9-17(18)14(13(11)16)10-2-4-12(15)5-3-10/h2-9H,1H3. The molecule has 0 aliphatic rings. The van der Waals surface area contributed by atoms with Gasteiger partial charge in [0.15, 0.2) is 6.20 Å². The van der Waals surface area contributed by atoms with Crippen LogP contribution in [0.15, 0.2) is 48.8 Å². The number of aromatic nitrogens is 2. The second kappa shape index (κ2) is 3.84. The maximum Gasteiger partial charge on any atom is 0.248 e. The molecule has 3 rings (SSSR count). The Morgan fingerprint density at radius 2 is 1.83 bits per heavy atom. The summed E-state index contributed by atoms with van der Waals surface area (Å²) in [5.74, 6) is -0.310. The molecular weight excluding hydrogens is 231 g/mol. The Morgan fingerprint density at radius 1 is 1.11 bits per heavy atom. The highest BCUT2D eigenvalue weighted by molar-refractivity contribution is 5.90. The van der Waals surface area contributed by atoms with E-state index in [-0.39, 0.29) is 5.82 Å². The lowest BCUT2D eigenvalue weighted by Crippen LogP contribution is -2.28. The Morgan fingerprint density at radius 3 is 2.56 bits per heavy atom. The minimum absolute atomic E-state index is 0.310. The number of halogens is 1. The molecule has 2 heterocycles. The van der Waals surface area contributed by atoms with Crippen molar-refractivity contribution >= 4 is 10.9 Å². The Balaban J connectivity index is 2.36. The van der Waals surface area contributed by atoms with E-state index in [0.717, 1.165) is 15.6 Å². The summed E-state index contributed by atoms with van der Waals surface area (Å²) in [5, 5.41) is 13.0. The lowest BCUT2D eigenvalue weighted by molar-refractivity contribution is -0.592. The highest BCUT2D eigenvalue weighted by Crippen LogP contribution is 2.25. The molecule has 0 saturated carbocycles. The summed E-state index contributed by atoms with van der Waals surface area (Å²) in [7, 11) is 1.88. The molecule has 1 aromatic carbocycles. The predicted octanol–water partition coefficient (Wildman–Crippen LogP) is 2.62. The first-order valence-electron chi connectivity index (χ1n) is 5.60. The van der Waals surface area contributed by atoms with Gasteiger partial charge in [0.1, 0.15) is 11.3 Å². The van der Waals surface area contributed by atoms with Crippen molar-refractivity contribution in [3.63, 3.8) is 0 Å². The fourth-order valence-corrected chi connectivity index (χ4v) is 2.19. The van der Waals surface area contributed by atoms with Crippen molar-refractivity contribution in [2.24, 2.45) is 7.05 Å². The third-order valence-electron chi connectivity index (χ3n) is 3.06. The Bertz CT molecular complexity index is 716. The number of fused-ring (bicyclic) bond motifs is 1. The number of rotatable bonds is 1. The number of nitrogens with zero attached hydrogens (tertiary/aromatic N) is 2. The number of aryl methyl sites for hydroxylation is 1. The van der Waals surface area contributed by atoms with Gasteiger partial charge in [-0.25, -0.2) is 4.39 Å². The SMILES string of the molecule is Cn1ccc2cc[n+]([O-])c(-c3ccc(F)cc3)c21. The van der Waals surface area contributed by atoms with Crippen LogP contribution in [0.4, 0.5) is 4.39 Å². The van der Waals surface area contributed by atoms with Crippen molar-refractivity contribution in [1.82, 2.24) is 4.57 Å². The summed E-state index contributed by atoms with van der Waals surface area (Å²) in [5.41, 5.74) is 2.10. The zero-order valence-corrected chi connectivity index (χ0v) is 9.80. The maximum absolute atomic E-state index is 12.9. The molecule has 4 heteroatoms. The van der Waals surface area contributed by atoms with Crippen molar-refractivity contribution in [2.75, 3.05) is 0 Å². The average molecular weight is 242 g/mol. The van der Waals surface area contributed by atoms with Gasteiger partial charge in [-0.3, -0.25) is 0 Å². The van der Waals surface area contributed by atoms with Crippen molar-refractivity contribution in [1.29, 1.82) is 0 Å². The highest BCUT2D eigenvalue weighted by atomic mass is 19.1. The third kappa shape index (κ3) is 1.54. The van der Waals surface area contributed by atoms with E-state index in [9.17, 15) is 9.60 Å². The van der Waals surface area contributed by atoms with Crippen molar-refractivity contribution in [2.45, 2.75) is 0 Å². The zero-order valence-electron chi connectivity index (χ0n) is 9.80. The summed E-state index contributed by atoms with van der Waals surface area (Å²) < 4.78 is 15.7. The van der Waals surface area contributed by atoms with Crippen LogP contribution >= 0.6 is 0 Å². The van der Waals surface area contributed by atoms with Crippen LogP contribution in [0.1, 0.15) is 0 Å².